The highest BCUT2D eigenvalue weighted by atomic mass is 79.9. The molecule has 1 aliphatic heterocycles. The number of esters is 1. The van der Waals surface area contributed by atoms with Crippen molar-refractivity contribution in [2.75, 3.05) is 13.7 Å². The fraction of sp³-hybridized carbons (Fsp3) is 0.333. The number of urea groups is 1. The van der Waals surface area contributed by atoms with E-state index in [1.165, 1.54) is 23.1 Å². The maximum Gasteiger partial charge on any atom is 0.338 e. The quantitative estimate of drug-likeness (QED) is 0.831. The van der Waals surface area contributed by atoms with Gasteiger partial charge in [0.25, 0.3) is 0 Å². The number of carbonyl (C=O) groups is 2. The smallest absolute Gasteiger partial charge is 0.338 e. The molecule has 2 amide bonds. The third-order valence-corrected chi connectivity index (χ3v) is 4.13. The van der Waals surface area contributed by atoms with E-state index < -0.39 is 17.8 Å². The number of carbonyl (C=O) groups excluding carboxylic acids is 2. The summed E-state index contributed by atoms with van der Waals surface area (Å²) in [4.78, 5) is 25.6. The topological polar surface area (TPSA) is 58.6 Å². The molecule has 1 aliphatic rings. The SMILES string of the molecule is CCOC(=O)C1=C(C)N(C)C(=O)N[C@H]1c1ccc(F)c(Br)c1. The Balaban J connectivity index is 2.53. The first-order valence-corrected chi connectivity index (χ1v) is 7.53. The molecule has 1 N–H and O–H groups in total. The van der Waals surface area contributed by atoms with Crippen molar-refractivity contribution in [1.29, 1.82) is 0 Å². The zero-order chi connectivity index (χ0) is 16.4. The molecular formula is C15H16BrFN2O3. The third-order valence-electron chi connectivity index (χ3n) is 3.53. The molecular weight excluding hydrogens is 355 g/mol. The van der Waals surface area contributed by atoms with Crippen molar-refractivity contribution in [3.63, 3.8) is 0 Å². The van der Waals surface area contributed by atoms with E-state index in [1.54, 1.807) is 20.9 Å². The summed E-state index contributed by atoms with van der Waals surface area (Å²) in [5, 5.41) is 2.73. The first-order chi connectivity index (χ1) is 10.4. The van der Waals surface area contributed by atoms with Crippen molar-refractivity contribution in [3.8, 4) is 0 Å². The number of hydrogen-bond donors (Lipinski definition) is 1. The summed E-state index contributed by atoms with van der Waals surface area (Å²) >= 11 is 3.11. The van der Waals surface area contributed by atoms with E-state index in [2.05, 4.69) is 21.2 Å². The van der Waals surface area contributed by atoms with Crippen molar-refractivity contribution < 1.29 is 18.7 Å². The predicted octanol–water partition coefficient (Wildman–Crippen LogP) is 3.12. The minimum atomic E-state index is -0.681. The molecule has 0 saturated heterocycles. The van der Waals surface area contributed by atoms with Gasteiger partial charge in [0.05, 0.1) is 22.7 Å². The molecule has 0 bridgehead atoms. The molecule has 0 fully saturated rings. The normalized spacial score (nSPS) is 18.3. The van der Waals surface area contributed by atoms with Gasteiger partial charge >= 0.3 is 12.0 Å². The minimum Gasteiger partial charge on any atom is -0.463 e. The highest BCUT2D eigenvalue weighted by Crippen LogP contribution is 2.32. The van der Waals surface area contributed by atoms with Crippen molar-refractivity contribution >= 4 is 27.9 Å². The zero-order valence-electron chi connectivity index (χ0n) is 12.4. The zero-order valence-corrected chi connectivity index (χ0v) is 14.0. The molecule has 0 spiro atoms. The van der Waals surface area contributed by atoms with Crippen LogP contribution in [0.15, 0.2) is 33.9 Å². The largest absolute Gasteiger partial charge is 0.463 e. The number of rotatable bonds is 3. The number of halogens is 2. The monoisotopic (exact) mass is 370 g/mol. The van der Waals surface area contributed by atoms with Crippen LogP contribution in [-0.4, -0.2) is 30.6 Å². The summed E-state index contributed by atoms with van der Waals surface area (Å²) in [5.74, 6) is -0.918. The van der Waals surface area contributed by atoms with Crippen LogP contribution in [0.4, 0.5) is 9.18 Å². The third kappa shape index (κ3) is 2.99. The number of allylic oxidation sites excluding steroid dienone is 1. The van der Waals surface area contributed by atoms with Gasteiger partial charge in [0, 0.05) is 12.7 Å². The maximum absolute atomic E-state index is 13.4. The van der Waals surface area contributed by atoms with Gasteiger partial charge in [0.1, 0.15) is 5.82 Å². The van der Waals surface area contributed by atoms with E-state index in [9.17, 15) is 14.0 Å². The van der Waals surface area contributed by atoms with Gasteiger partial charge in [-0.15, -0.1) is 0 Å². The van der Waals surface area contributed by atoms with Crippen LogP contribution in [0.5, 0.6) is 0 Å². The second kappa shape index (κ2) is 6.48. The second-order valence-corrected chi connectivity index (χ2v) is 5.69. The summed E-state index contributed by atoms with van der Waals surface area (Å²) in [7, 11) is 1.57. The average molecular weight is 371 g/mol. The number of hydrogen-bond acceptors (Lipinski definition) is 3. The van der Waals surface area contributed by atoms with E-state index in [0.717, 1.165) is 0 Å². The van der Waals surface area contributed by atoms with Crippen LogP contribution in [-0.2, 0) is 9.53 Å². The van der Waals surface area contributed by atoms with Gasteiger partial charge in [-0.2, -0.15) is 0 Å². The molecule has 0 saturated carbocycles. The lowest BCUT2D eigenvalue weighted by Crippen LogP contribution is -2.46. The van der Waals surface area contributed by atoms with Crippen LogP contribution in [0, 0.1) is 5.82 Å². The van der Waals surface area contributed by atoms with Crippen LogP contribution in [0.25, 0.3) is 0 Å². The predicted molar refractivity (Wildman–Crippen MR) is 82.5 cm³/mol. The fourth-order valence-corrected chi connectivity index (χ4v) is 2.65. The van der Waals surface area contributed by atoms with Gasteiger partial charge in [-0.3, -0.25) is 0 Å². The van der Waals surface area contributed by atoms with Gasteiger partial charge in [-0.25, -0.2) is 14.0 Å². The minimum absolute atomic E-state index is 0.229. The molecule has 5 nitrogen and oxygen atoms in total. The standard InChI is InChI=1S/C15H16BrFN2O3/c1-4-22-14(20)12-8(2)19(3)15(21)18-13(12)9-5-6-11(17)10(16)7-9/h5-7,13H,4H2,1-3H3,(H,18,21)/t13-/m0/s1. The Morgan fingerprint density at radius 3 is 2.77 bits per heavy atom. The summed E-state index contributed by atoms with van der Waals surface area (Å²) in [5.41, 5.74) is 1.44. The summed E-state index contributed by atoms with van der Waals surface area (Å²) in [6, 6.07) is 3.33. The van der Waals surface area contributed by atoms with E-state index in [4.69, 9.17) is 4.74 Å². The van der Waals surface area contributed by atoms with Crippen LogP contribution in [0.2, 0.25) is 0 Å². The summed E-state index contributed by atoms with van der Waals surface area (Å²) in [6.07, 6.45) is 0. The van der Waals surface area contributed by atoms with Crippen LogP contribution in [0.3, 0.4) is 0 Å². The molecule has 1 aromatic rings. The van der Waals surface area contributed by atoms with E-state index in [1.807, 2.05) is 0 Å². The number of nitrogens with zero attached hydrogens (tertiary/aromatic N) is 1. The molecule has 1 aromatic carbocycles. The lowest BCUT2D eigenvalue weighted by molar-refractivity contribution is -0.139. The molecule has 7 heteroatoms. The molecule has 2 rings (SSSR count). The molecule has 1 atom stereocenters. The highest BCUT2D eigenvalue weighted by molar-refractivity contribution is 9.10. The van der Waals surface area contributed by atoms with Crippen LogP contribution >= 0.6 is 15.9 Å². The summed E-state index contributed by atoms with van der Waals surface area (Å²) < 4.78 is 18.8. The Morgan fingerprint density at radius 2 is 2.18 bits per heavy atom. The fourth-order valence-electron chi connectivity index (χ4n) is 2.25. The number of amides is 2. The molecule has 0 aromatic heterocycles. The van der Waals surface area contributed by atoms with Crippen LogP contribution in [0.1, 0.15) is 25.5 Å². The van der Waals surface area contributed by atoms with Gasteiger partial charge in [0.15, 0.2) is 0 Å². The molecule has 1 heterocycles. The Labute approximate surface area is 136 Å². The number of benzene rings is 1. The van der Waals surface area contributed by atoms with E-state index in [-0.39, 0.29) is 17.1 Å². The van der Waals surface area contributed by atoms with Crippen molar-refractivity contribution in [1.82, 2.24) is 10.2 Å². The first-order valence-electron chi connectivity index (χ1n) is 6.73. The Kier molecular flexibility index (Phi) is 4.85. The average Bonchev–Trinajstić information content (AvgIpc) is 2.47. The first kappa shape index (κ1) is 16.5. The molecule has 118 valence electrons. The van der Waals surface area contributed by atoms with Crippen molar-refractivity contribution in [2.45, 2.75) is 19.9 Å². The Bertz CT molecular complexity index is 660. The van der Waals surface area contributed by atoms with Gasteiger partial charge in [-0.05, 0) is 47.5 Å². The van der Waals surface area contributed by atoms with Crippen molar-refractivity contribution in [2.24, 2.45) is 0 Å². The lowest BCUT2D eigenvalue weighted by Gasteiger charge is -2.33. The Morgan fingerprint density at radius 1 is 1.50 bits per heavy atom. The van der Waals surface area contributed by atoms with Crippen molar-refractivity contribution in [3.05, 3.63) is 45.3 Å². The van der Waals surface area contributed by atoms with Gasteiger partial charge in [0.2, 0.25) is 0 Å². The number of ether oxygens (including phenoxy) is 1. The highest BCUT2D eigenvalue weighted by Gasteiger charge is 2.35. The second-order valence-electron chi connectivity index (χ2n) is 4.83. The van der Waals surface area contributed by atoms with Crippen LogP contribution < -0.4 is 5.32 Å². The lowest BCUT2D eigenvalue weighted by atomic mass is 9.95. The molecule has 0 radical (unpaired) electrons. The maximum atomic E-state index is 13.4. The molecule has 22 heavy (non-hydrogen) atoms. The van der Waals surface area contributed by atoms with E-state index in [0.29, 0.717) is 16.8 Å². The van der Waals surface area contributed by atoms with E-state index >= 15 is 0 Å². The van der Waals surface area contributed by atoms with Gasteiger partial charge < -0.3 is 15.0 Å². The Hall–Kier alpha value is -1.89. The molecule has 0 unspecified atom stereocenters. The number of nitrogens with one attached hydrogen (secondary N) is 1. The summed E-state index contributed by atoms with van der Waals surface area (Å²) in [6.45, 7) is 3.62. The van der Waals surface area contributed by atoms with Gasteiger partial charge in [-0.1, -0.05) is 6.07 Å². The molecule has 0 aliphatic carbocycles.